The highest BCUT2D eigenvalue weighted by Crippen LogP contribution is 2.39. The highest BCUT2D eigenvalue weighted by atomic mass is 32.2. The Morgan fingerprint density at radius 3 is 2.52 bits per heavy atom. The van der Waals surface area contributed by atoms with Gasteiger partial charge in [0.15, 0.2) is 11.5 Å². The zero-order valence-electron chi connectivity index (χ0n) is 12.8. The van der Waals surface area contributed by atoms with Crippen molar-refractivity contribution in [3.05, 3.63) is 47.5 Å². The van der Waals surface area contributed by atoms with Gasteiger partial charge in [0.1, 0.15) is 0 Å². The second-order valence-electron chi connectivity index (χ2n) is 5.10. The Bertz CT molecular complexity index is 722. The number of rotatable bonds is 4. The first kappa shape index (κ1) is 15.6. The monoisotopic (exact) mass is 331 g/mol. The fraction of sp³-hybridized carbons (Fsp3) is 0.235. The van der Waals surface area contributed by atoms with Crippen molar-refractivity contribution in [1.82, 2.24) is 5.32 Å². The first-order valence-electron chi connectivity index (χ1n) is 7.11. The maximum Gasteiger partial charge on any atom is 0.252 e. The third kappa shape index (κ3) is 2.94. The van der Waals surface area contributed by atoms with Crippen molar-refractivity contribution < 1.29 is 19.4 Å². The van der Waals surface area contributed by atoms with Crippen LogP contribution in [0.3, 0.4) is 0 Å². The van der Waals surface area contributed by atoms with E-state index in [1.807, 2.05) is 18.2 Å². The lowest BCUT2D eigenvalue weighted by Gasteiger charge is -2.15. The summed E-state index contributed by atoms with van der Waals surface area (Å²) in [6.45, 7) is 0. The van der Waals surface area contributed by atoms with E-state index in [1.165, 1.54) is 31.2 Å². The first-order chi connectivity index (χ1) is 11.1. The molecule has 0 bridgehead atoms. The second kappa shape index (κ2) is 6.42. The number of fused-ring (bicyclic) bond motifs is 1. The number of nitrogens with one attached hydrogen (secondary N) is 1. The molecule has 23 heavy (non-hydrogen) atoms. The quantitative estimate of drug-likeness (QED) is 0.901. The summed E-state index contributed by atoms with van der Waals surface area (Å²) in [6.07, 6.45) is 0. The highest BCUT2D eigenvalue weighted by Gasteiger charge is 2.25. The number of carbonyl (C=O) groups excluding carboxylic acids is 1. The van der Waals surface area contributed by atoms with E-state index in [4.69, 9.17) is 9.47 Å². The van der Waals surface area contributed by atoms with E-state index >= 15 is 0 Å². The van der Waals surface area contributed by atoms with Crippen LogP contribution in [-0.2, 0) is 0 Å². The molecular formula is C17H17NO4S. The Morgan fingerprint density at radius 1 is 1.22 bits per heavy atom. The number of aromatic hydroxyl groups is 1. The van der Waals surface area contributed by atoms with Crippen molar-refractivity contribution in [1.29, 1.82) is 0 Å². The number of phenols is 1. The van der Waals surface area contributed by atoms with Gasteiger partial charge >= 0.3 is 0 Å². The first-order valence-corrected chi connectivity index (χ1v) is 8.10. The molecule has 1 heterocycles. The number of benzene rings is 2. The standard InChI is InChI=1S/C17H17NO4S/c1-21-13-7-10(8-14(22-2)16(13)19)17(20)18-12-9-23-15-6-4-3-5-11(12)15/h3-8,12,19H,9H2,1-2H3,(H,18,20)/t12-/m0/s1. The summed E-state index contributed by atoms with van der Waals surface area (Å²) < 4.78 is 10.2. The zero-order chi connectivity index (χ0) is 16.4. The van der Waals surface area contributed by atoms with Crippen molar-refractivity contribution in [3.63, 3.8) is 0 Å². The van der Waals surface area contributed by atoms with Gasteiger partial charge in [0, 0.05) is 16.2 Å². The lowest BCUT2D eigenvalue weighted by Crippen LogP contribution is -2.28. The van der Waals surface area contributed by atoms with Gasteiger partial charge in [-0.1, -0.05) is 18.2 Å². The lowest BCUT2D eigenvalue weighted by molar-refractivity contribution is 0.0940. The normalized spacial score (nSPS) is 15.8. The molecule has 5 nitrogen and oxygen atoms in total. The maximum absolute atomic E-state index is 12.5. The Hall–Kier alpha value is -2.34. The molecule has 3 rings (SSSR count). The number of methoxy groups -OCH3 is 2. The van der Waals surface area contributed by atoms with Crippen LogP contribution in [0.4, 0.5) is 0 Å². The van der Waals surface area contributed by atoms with Gasteiger partial charge in [-0.3, -0.25) is 4.79 Å². The summed E-state index contributed by atoms with van der Waals surface area (Å²) in [5.74, 6) is 0.862. The molecule has 0 aromatic heterocycles. The van der Waals surface area contributed by atoms with Gasteiger partial charge in [0.2, 0.25) is 5.75 Å². The lowest BCUT2D eigenvalue weighted by atomic mass is 10.1. The van der Waals surface area contributed by atoms with E-state index < -0.39 is 0 Å². The van der Waals surface area contributed by atoms with Crippen LogP contribution in [0.5, 0.6) is 17.2 Å². The van der Waals surface area contributed by atoms with Gasteiger partial charge in [-0.05, 0) is 23.8 Å². The van der Waals surface area contributed by atoms with Gasteiger partial charge in [-0.15, -0.1) is 11.8 Å². The topological polar surface area (TPSA) is 67.8 Å². The summed E-state index contributed by atoms with van der Waals surface area (Å²) in [4.78, 5) is 13.7. The molecule has 0 unspecified atom stereocenters. The van der Waals surface area contributed by atoms with Crippen LogP contribution in [0.1, 0.15) is 22.0 Å². The van der Waals surface area contributed by atoms with Crippen LogP contribution >= 0.6 is 11.8 Å². The third-order valence-corrected chi connectivity index (χ3v) is 4.93. The van der Waals surface area contributed by atoms with Crippen molar-refractivity contribution in [2.75, 3.05) is 20.0 Å². The van der Waals surface area contributed by atoms with Gasteiger partial charge in [-0.2, -0.15) is 0 Å². The van der Waals surface area contributed by atoms with Crippen molar-refractivity contribution >= 4 is 17.7 Å². The molecule has 1 aliphatic rings. The number of phenolic OH excluding ortho intramolecular Hbond substituents is 1. The summed E-state index contributed by atoms with van der Waals surface area (Å²) in [7, 11) is 2.86. The minimum atomic E-state index is -0.232. The minimum Gasteiger partial charge on any atom is -0.502 e. The molecule has 6 heteroatoms. The average molecular weight is 331 g/mol. The van der Waals surface area contributed by atoms with Crippen molar-refractivity contribution in [2.24, 2.45) is 0 Å². The molecule has 0 radical (unpaired) electrons. The van der Waals surface area contributed by atoms with E-state index in [0.717, 1.165) is 11.3 Å². The molecule has 2 aromatic carbocycles. The maximum atomic E-state index is 12.5. The van der Waals surface area contributed by atoms with Gasteiger partial charge in [-0.25, -0.2) is 0 Å². The van der Waals surface area contributed by atoms with Crippen molar-refractivity contribution in [2.45, 2.75) is 10.9 Å². The Labute approximate surface area is 138 Å². The van der Waals surface area contributed by atoms with Crippen LogP contribution < -0.4 is 14.8 Å². The predicted molar refractivity (Wildman–Crippen MR) is 88.6 cm³/mol. The summed E-state index contributed by atoms with van der Waals surface area (Å²) in [5.41, 5.74) is 1.51. The van der Waals surface area contributed by atoms with Gasteiger partial charge in [0.25, 0.3) is 5.91 Å². The number of carbonyl (C=O) groups is 1. The Kier molecular flexibility index (Phi) is 4.34. The smallest absolute Gasteiger partial charge is 0.252 e. The van der Waals surface area contributed by atoms with Crippen LogP contribution in [-0.4, -0.2) is 31.0 Å². The second-order valence-corrected chi connectivity index (χ2v) is 6.17. The van der Waals surface area contributed by atoms with Crippen LogP contribution in [0.15, 0.2) is 41.3 Å². The molecule has 1 atom stereocenters. The summed E-state index contributed by atoms with van der Waals surface area (Å²) >= 11 is 1.73. The molecule has 0 saturated carbocycles. The molecule has 2 N–H and O–H groups in total. The van der Waals surface area contributed by atoms with Crippen LogP contribution in [0.2, 0.25) is 0 Å². The predicted octanol–water partition coefficient (Wildman–Crippen LogP) is 2.99. The van der Waals surface area contributed by atoms with E-state index in [2.05, 4.69) is 11.4 Å². The molecule has 1 amide bonds. The third-order valence-electron chi connectivity index (χ3n) is 3.75. The molecule has 0 spiro atoms. The minimum absolute atomic E-state index is 0.0329. The van der Waals surface area contributed by atoms with E-state index in [1.54, 1.807) is 11.8 Å². The largest absolute Gasteiger partial charge is 0.502 e. The van der Waals surface area contributed by atoms with Crippen LogP contribution in [0, 0.1) is 0 Å². The molecule has 0 saturated heterocycles. The number of thioether (sulfide) groups is 1. The number of hydrogen-bond acceptors (Lipinski definition) is 5. The average Bonchev–Trinajstić information content (AvgIpc) is 2.98. The molecular weight excluding hydrogens is 314 g/mol. The fourth-order valence-electron chi connectivity index (χ4n) is 2.55. The SMILES string of the molecule is COc1cc(C(=O)N[C@H]2CSc3ccccc32)cc(OC)c1O. The number of hydrogen-bond donors (Lipinski definition) is 2. The Morgan fingerprint density at radius 2 is 1.87 bits per heavy atom. The van der Waals surface area contributed by atoms with Crippen molar-refractivity contribution in [3.8, 4) is 17.2 Å². The molecule has 1 aliphatic heterocycles. The number of amides is 1. The van der Waals surface area contributed by atoms with E-state index in [-0.39, 0.29) is 29.2 Å². The fourth-order valence-corrected chi connectivity index (χ4v) is 3.71. The van der Waals surface area contributed by atoms with Crippen LogP contribution in [0.25, 0.3) is 0 Å². The van der Waals surface area contributed by atoms with E-state index in [9.17, 15) is 9.90 Å². The van der Waals surface area contributed by atoms with Gasteiger partial charge in [0.05, 0.1) is 20.3 Å². The molecule has 2 aromatic rings. The zero-order valence-corrected chi connectivity index (χ0v) is 13.6. The summed E-state index contributed by atoms with van der Waals surface area (Å²) in [5, 5.41) is 12.9. The molecule has 0 fully saturated rings. The Balaban J connectivity index is 1.84. The van der Waals surface area contributed by atoms with E-state index in [0.29, 0.717) is 5.56 Å². The summed E-state index contributed by atoms with van der Waals surface area (Å²) in [6, 6.07) is 11.0. The molecule has 0 aliphatic carbocycles. The number of ether oxygens (including phenoxy) is 2. The molecule has 120 valence electrons. The highest BCUT2D eigenvalue weighted by molar-refractivity contribution is 7.99. The van der Waals surface area contributed by atoms with Gasteiger partial charge < -0.3 is 19.9 Å².